The Morgan fingerprint density at radius 3 is 2.36 bits per heavy atom. The van der Waals surface area contributed by atoms with Gasteiger partial charge in [-0.25, -0.2) is 0 Å². The van der Waals surface area contributed by atoms with Gasteiger partial charge in [0.05, 0.1) is 6.61 Å². The van der Waals surface area contributed by atoms with Gasteiger partial charge >= 0.3 is 0 Å². The third-order valence-corrected chi connectivity index (χ3v) is 1.51. The van der Waals surface area contributed by atoms with Crippen molar-refractivity contribution in [1.29, 1.82) is 0 Å². The molecule has 0 aromatic rings. The van der Waals surface area contributed by atoms with Crippen molar-refractivity contribution in [2.24, 2.45) is 0 Å². The van der Waals surface area contributed by atoms with Crippen molar-refractivity contribution in [2.45, 2.75) is 33.6 Å². The van der Waals surface area contributed by atoms with Crippen LogP contribution in [0, 0.1) is 0 Å². The number of hydrogen-bond donors (Lipinski definition) is 0. The average molecular weight is 154 g/mol. The molecule has 64 valence electrons. The van der Waals surface area contributed by atoms with E-state index >= 15 is 0 Å². The second-order valence-electron chi connectivity index (χ2n) is 2.35. The summed E-state index contributed by atoms with van der Waals surface area (Å²) in [6.07, 6.45) is 4.22. The molecule has 0 spiro atoms. The first-order chi connectivity index (χ1) is 5.26. The quantitative estimate of drug-likeness (QED) is 0.436. The highest BCUT2D eigenvalue weighted by Crippen LogP contribution is 2.13. The number of ether oxygens (including phenoxy) is 1. The summed E-state index contributed by atoms with van der Waals surface area (Å²) >= 11 is 0. The molecule has 0 aromatic carbocycles. The van der Waals surface area contributed by atoms with E-state index in [0.29, 0.717) is 6.61 Å². The summed E-state index contributed by atoms with van der Waals surface area (Å²) in [5.74, 6) is 0.830. The van der Waals surface area contributed by atoms with Gasteiger partial charge in [-0.2, -0.15) is 0 Å². The highest BCUT2D eigenvalue weighted by Gasteiger charge is 1.98. The third-order valence-electron chi connectivity index (χ3n) is 1.51. The Morgan fingerprint density at radius 1 is 1.36 bits per heavy atom. The first kappa shape index (κ1) is 10.3. The maximum absolute atomic E-state index is 5.28. The molecule has 0 aliphatic carbocycles. The molecule has 0 aliphatic rings. The van der Waals surface area contributed by atoms with E-state index in [2.05, 4.69) is 26.5 Å². The van der Waals surface area contributed by atoms with Crippen molar-refractivity contribution < 1.29 is 4.74 Å². The summed E-state index contributed by atoms with van der Waals surface area (Å²) < 4.78 is 5.28. The highest BCUT2D eigenvalue weighted by molar-refractivity contribution is 5.22. The molecule has 1 nitrogen and oxygen atoms in total. The SMILES string of the molecule is C=C(OCC)/C(=C/CC)CC. The summed E-state index contributed by atoms with van der Waals surface area (Å²) in [7, 11) is 0. The number of hydrogen-bond acceptors (Lipinski definition) is 1. The summed E-state index contributed by atoms with van der Waals surface area (Å²) in [6, 6.07) is 0. The van der Waals surface area contributed by atoms with E-state index in [-0.39, 0.29) is 0 Å². The van der Waals surface area contributed by atoms with Gasteiger partial charge in [0.1, 0.15) is 5.76 Å². The van der Waals surface area contributed by atoms with Gasteiger partial charge in [-0.05, 0) is 25.3 Å². The topological polar surface area (TPSA) is 9.23 Å². The molecule has 0 heterocycles. The molecule has 0 aromatic heterocycles. The molecule has 0 aliphatic heterocycles. The summed E-state index contributed by atoms with van der Waals surface area (Å²) in [4.78, 5) is 0. The lowest BCUT2D eigenvalue weighted by Crippen LogP contribution is -1.93. The van der Waals surface area contributed by atoms with Gasteiger partial charge < -0.3 is 4.74 Å². The van der Waals surface area contributed by atoms with E-state index in [9.17, 15) is 0 Å². The first-order valence-electron chi connectivity index (χ1n) is 4.27. The Kier molecular flexibility index (Phi) is 5.63. The van der Waals surface area contributed by atoms with Crippen LogP contribution in [-0.2, 0) is 4.74 Å². The minimum atomic E-state index is 0.708. The van der Waals surface area contributed by atoms with Crippen molar-refractivity contribution in [2.75, 3.05) is 6.61 Å². The minimum absolute atomic E-state index is 0.708. The number of allylic oxidation sites excluding steroid dienone is 2. The van der Waals surface area contributed by atoms with E-state index < -0.39 is 0 Å². The third kappa shape index (κ3) is 3.87. The predicted molar refractivity (Wildman–Crippen MR) is 49.4 cm³/mol. The lowest BCUT2D eigenvalue weighted by Gasteiger charge is -2.08. The van der Waals surface area contributed by atoms with E-state index in [1.807, 2.05) is 6.92 Å². The molecule has 0 unspecified atom stereocenters. The van der Waals surface area contributed by atoms with Crippen molar-refractivity contribution in [3.63, 3.8) is 0 Å². The van der Waals surface area contributed by atoms with Gasteiger partial charge in [0.15, 0.2) is 0 Å². The lowest BCUT2D eigenvalue weighted by molar-refractivity contribution is 0.237. The molecular formula is C10H18O. The van der Waals surface area contributed by atoms with Gasteiger partial charge in [-0.1, -0.05) is 26.5 Å². The van der Waals surface area contributed by atoms with Gasteiger partial charge in [0.2, 0.25) is 0 Å². The molecule has 0 atom stereocenters. The van der Waals surface area contributed by atoms with E-state index in [1.165, 1.54) is 5.57 Å². The maximum atomic E-state index is 5.28. The monoisotopic (exact) mass is 154 g/mol. The largest absolute Gasteiger partial charge is 0.494 e. The molecule has 0 saturated heterocycles. The van der Waals surface area contributed by atoms with Gasteiger partial charge in [-0.3, -0.25) is 0 Å². The number of rotatable bonds is 5. The Hall–Kier alpha value is -0.720. The molecule has 0 bridgehead atoms. The fraction of sp³-hybridized carbons (Fsp3) is 0.600. The maximum Gasteiger partial charge on any atom is 0.114 e. The van der Waals surface area contributed by atoms with Crippen LogP contribution in [0.15, 0.2) is 24.0 Å². The molecule has 1 heteroatoms. The van der Waals surface area contributed by atoms with Crippen LogP contribution in [-0.4, -0.2) is 6.61 Å². The van der Waals surface area contributed by atoms with Crippen LogP contribution in [0.25, 0.3) is 0 Å². The smallest absolute Gasteiger partial charge is 0.114 e. The fourth-order valence-electron chi connectivity index (χ4n) is 0.969. The lowest BCUT2D eigenvalue weighted by atomic mass is 10.1. The van der Waals surface area contributed by atoms with Crippen LogP contribution in [0.3, 0.4) is 0 Å². The second-order valence-corrected chi connectivity index (χ2v) is 2.35. The van der Waals surface area contributed by atoms with Gasteiger partial charge in [0.25, 0.3) is 0 Å². The Bertz CT molecular complexity index is 145. The standard InChI is InChI=1S/C10H18O/c1-5-8-10(6-2)9(4)11-7-3/h8H,4-7H2,1-3H3/b10-8+. The molecule has 0 radical (unpaired) electrons. The van der Waals surface area contributed by atoms with Crippen molar-refractivity contribution in [1.82, 2.24) is 0 Å². The second kappa shape index (κ2) is 6.02. The van der Waals surface area contributed by atoms with Crippen molar-refractivity contribution in [3.8, 4) is 0 Å². The Labute approximate surface area is 69.8 Å². The Balaban J connectivity index is 4.03. The van der Waals surface area contributed by atoms with Crippen molar-refractivity contribution >= 4 is 0 Å². The Morgan fingerprint density at radius 2 is 2.00 bits per heavy atom. The van der Waals surface area contributed by atoms with Crippen LogP contribution in [0.1, 0.15) is 33.6 Å². The molecule has 0 N–H and O–H groups in total. The molecule has 11 heavy (non-hydrogen) atoms. The zero-order chi connectivity index (χ0) is 8.69. The molecule has 0 amide bonds. The summed E-state index contributed by atoms with van der Waals surface area (Å²) in [5.41, 5.74) is 1.23. The average Bonchev–Trinajstić information content (AvgIpc) is 2.00. The van der Waals surface area contributed by atoms with Crippen LogP contribution in [0.2, 0.25) is 0 Å². The molecule has 0 fully saturated rings. The van der Waals surface area contributed by atoms with Crippen LogP contribution >= 0.6 is 0 Å². The summed E-state index contributed by atoms with van der Waals surface area (Å²) in [5, 5.41) is 0. The molecular weight excluding hydrogens is 136 g/mol. The zero-order valence-electron chi connectivity index (χ0n) is 7.81. The normalized spacial score (nSPS) is 11.4. The minimum Gasteiger partial charge on any atom is -0.494 e. The van der Waals surface area contributed by atoms with Crippen LogP contribution in [0.5, 0.6) is 0 Å². The predicted octanol–water partition coefficient (Wildman–Crippen LogP) is 3.28. The molecule has 0 saturated carbocycles. The van der Waals surface area contributed by atoms with E-state index in [4.69, 9.17) is 4.74 Å². The molecule has 0 rings (SSSR count). The van der Waals surface area contributed by atoms with Crippen molar-refractivity contribution in [3.05, 3.63) is 24.0 Å². The summed E-state index contributed by atoms with van der Waals surface area (Å²) in [6.45, 7) is 10.8. The fourth-order valence-corrected chi connectivity index (χ4v) is 0.969. The van der Waals surface area contributed by atoms with Gasteiger partial charge in [-0.15, -0.1) is 0 Å². The van der Waals surface area contributed by atoms with Crippen LogP contribution < -0.4 is 0 Å². The van der Waals surface area contributed by atoms with E-state index in [0.717, 1.165) is 18.6 Å². The van der Waals surface area contributed by atoms with Gasteiger partial charge in [0, 0.05) is 0 Å². The first-order valence-corrected chi connectivity index (χ1v) is 4.27. The van der Waals surface area contributed by atoms with Crippen LogP contribution in [0.4, 0.5) is 0 Å². The highest BCUT2D eigenvalue weighted by atomic mass is 16.5. The zero-order valence-corrected chi connectivity index (χ0v) is 7.81. The van der Waals surface area contributed by atoms with E-state index in [1.54, 1.807) is 0 Å².